The molecule has 1 rings (SSSR count). The fourth-order valence-corrected chi connectivity index (χ4v) is 1.52. The van der Waals surface area contributed by atoms with Gasteiger partial charge in [-0.05, 0) is 31.2 Å². The van der Waals surface area contributed by atoms with Crippen LogP contribution in [0.1, 0.15) is 22.8 Å². The van der Waals surface area contributed by atoms with Crippen LogP contribution >= 0.6 is 11.6 Å². The SMILES string of the molecule is CCNCC(=O)c1cc(C)c(N)c(Cl)c1. The number of nitrogen functional groups attached to an aromatic ring is 1. The summed E-state index contributed by atoms with van der Waals surface area (Å²) in [5.41, 5.74) is 7.67. The summed E-state index contributed by atoms with van der Waals surface area (Å²) in [6.07, 6.45) is 0. The Bertz CT molecular complexity index is 354. The number of rotatable bonds is 4. The second kappa shape index (κ2) is 5.14. The van der Waals surface area contributed by atoms with Crippen molar-refractivity contribution in [2.75, 3.05) is 18.8 Å². The highest BCUT2D eigenvalue weighted by molar-refractivity contribution is 6.33. The molecule has 0 amide bonds. The molecule has 0 aliphatic rings. The molecular formula is C11H15ClN2O. The summed E-state index contributed by atoms with van der Waals surface area (Å²) in [6.45, 7) is 4.89. The molecule has 0 unspecified atom stereocenters. The van der Waals surface area contributed by atoms with E-state index in [1.54, 1.807) is 12.1 Å². The van der Waals surface area contributed by atoms with Crippen molar-refractivity contribution in [3.8, 4) is 0 Å². The molecule has 82 valence electrons. The molecule has 0 saturated carbocycles. The maximum absolute atomic E-state index is 11.7. The first-order valence-corrected chi connectivity index (χ1v) is 5.23. The van der Waals surface area contributed by atoms with Gasteiger partial charge in [0.05, 0.1) is 17.3 Å². The van der Waals surface area contributed by atoms with Gasteiger partial charge >= 0.3 is 0 Å². The number of hydrogen-bond acceptors (Lipinski definition) is 3. The molecule has 0 aromatic heterocycles. The molecule has 0 bridgehead atoms. The van der Waals surface area contributed by atoms with E-state index < -0.39 is 0 Å². The lowest BCUT2D eigenvalue weighted by Gasteiger charge is -2.07. The average Bonchev–Trinajstić information content (AvgIpc) is 2.21. The quantitative estimate of drug-likeness (QED) is 0.610. The van der Waals surface area contributed by atoms with E-state index in [9.17, 15) is 4.79 Å². The van der Waals surface area contributed by atoms with E-state index in [0.29, 0.717) is 22.8 Å². The normalized spacial score (nSPS) is 10.3. The summed E-state index contributed by atoms with van der Waals surface area (Å²) < 4.78 is 0. The minimum absolute atomic E-state index is 0.0295. The topological polar surface area (TPSA) is 55.1 Å². The van der Waals surface area contributed by atoms with E-state index in [0.717, 1.165) is 12.1 Å². The van der Waals surface area contributed by atoms with Crippen LogP contribution in [0.4, 0.5) is 5.69 Å². The molecule has 1 aromatic rings. The van der Waals surface area contributed by atoms with Crippen molar-refractivity contribution in [1.29, 1.82) is 0 Å². The van der Waals surface area contributed by atoms with E-state index in [4.69, 9.17) is 17.3 Å². The van der Waals surface area contributed by atoms with Gasteiger partial charge in [-0.3, -0.25) is 4.79 Å². The van der Waals surface area contributed by atoms with Gasteiger partial charge in [0.15, 0.2) is 5.78 Å². The van der Waals surface area contributed by atoms with Gasteiger partial charge in [-0.15, -0.1) is 0 Å². The molecule has 0 radical (unpaired) electrons. The summed E-state index contributed by atoms with van der Waals surface area (Å²) in [5, 5.41) is 3.42. The van der Waals surface area contributed by atoms with Crippen LogP contribution in [0.3, 0.4) is 0 Å². The number of carbonyl (C=O) groups is 1. The monoisotopic (exact) mass is 226 g/mol. The number of benzene rings is 1. The third-order valence-electron chi connectivity index (χ3n) is 2.19. The smallest absolute Gasteiger partial charge is 0.176 e. The molecule has 0 aliphatic carbocycles. The molecule has 0 saturated heterocycles. The number of carbonyl (C=O) groups excluding carboxylic acids is 1. The minimum Gasteiger partial charge on any atom is -0.397 e. The zero-order valence-corrected chi connectivity index (χ0v) is 9.69. The number of anilines is 1. The minimum atomic E-state index is 0.0295. The fourth-order valence-electron chi connectivity index (χ4n) is 1.26. The Morgan fingerprint density at radius 3 is 2.73 bits per heavy atom. The first-order chi connectivity index (χ1) is 7.06. The van der Waals surface area contributed by atoms with Crippen LogP contribution in [0.25, 0.3) is 0 Å². The standard InChI is InChI=1S/C11H15ClN2O/c1-3-14-6-10(15)8-4-7(2)11(13)9(12)5-8/h4-5,14H,3,6,13H2,1-2H3. The molecule has 15 heavy (non-hydrogen) atoms. The van der Waals surface area contributed by atoms with Crippen molar-refractivity contribution in [3.05, 3.63) is 28.3 Å². The van der Waals surface area contributed by atoms with E-state index in [1.807, 2.05) is 13.8 Å². The van der Waals surface area contributed by atoms with Crippen LogP contribution in [-0.4, -0.2) is 18.9 Å². The van der Waals surface area contributed by atoms with Crippen LogP contribution < -0.4 is 11.1 Å². The highest BCUT2D eigenvalue weighted by Crippen LogP contribution is 2.24. The lowest BCUT2D eigenvalue weighted by Crippen LogP contribution is -2.22. The van der Waals surface area contributed by atoms with Gasteiger partial charge in [-0.1, -0.05) is 18.5 Å². The van der Waals surface area contributed by atoms with Gasteiger partial charge in [-0.2, -0.15) is 0 Å². The lowest BCUT2D eigenvalue weighted by molar-refractivity contribution is 0.0991. The van der Waals surface area contributed by atoms with Gasteiger partial charge in [0, 0.05) is 5.56 Å². The third-order valence-corrected chi connectivity index (χ3v) is 2.51. The zero-order chi connectivity index (χ0) is 11.4. The predicted molar refractivity (Wildman–Crippen MR) is 63.5 cm³/mol. The molecule has 3 nitrogen and oxygen atoms in total. The summed E-state index contributed by atoms with van der Waals surface area (Å²) in [7, 11) is 0. The Morgan fingerprint density at radius 1 is 1.53 bits per heavy atom. The first kappa shape index (κ1) is 12.0. The van der Waals surface area contributed by atoms with Gasteiger partial charge in [0.2, 0.25) is 0 Å². The second-order valence-corrected chi connectivity index (χ2v) is 3.80. The first-order valence-electron chi connectivity index (χ1n) is 4.85. The predicted octanol–water partition coefficient (Wildman–Crippen LogP) is 2.02. The van der Waals surface area contributed by atoms with Crippen LogP contribution in [0, 0.1) is 6.92 Å². The molecule has 0 atom stereocenters. The lowest BCUT2D eigenvalue weighted by atomic mass is 10.1. The maximum Gasteiger partial charge on any atom is 0.176 e. The van der Waals surface area contributed by atoms with Crippen molar-refractivity contribution in [1.82, 2.24) is 5.32 Å². The average molecular weight is 227 g/mol. The fraction of sp³-hybridized carbons (Fsp3) is 0.364. The third kappa shape index (κ3) is 2.94. The number of likely N-dealkylation sites (N-methyl/N-ethyl adjacent to an activating group) is 1. The van der Waals surface area contributed by atoms with Crippen LogP contribution in [0.5, 0.6) is 0 Å². The van der Waals surface area contributed by atoms with E-state index in [1.165, 1.54) is 0 Å². The van der Waals surface area contributed by atoms with E-state index in [-0.39, 0.29) is 5.78 Å². The number of ketones is 1. The number of hydrogen-bond donors (Lipinski definition) is 2. The number of Topliss-reactive ketones (excluding diaryl/α,β-unsaturated/α-hetero) is 1. The zero-order valence-electron chi connectivity index (χ0n) is 8.93. The van der Waals surface area contributed by atoms with Crippen LogP contribution in [0.2, 0.25) is 5.02 Å². The van der Waals surface area contributed by atoms with Crippen molar-refractivity contribution in [3.63, 3.8) is 0 Å². The highest BCUT2D eigenvalue weighted by atomic mass is 35.5. The van der Waals surface area contributed by atoms with Crippen molar-refractivity contribution >= 4 is 23.1 Å². The number of halogens is 1. The van der Waals surface area contributed by atoms with Gasteiger partial charge in [0.1, 0.15) is 0 Å². The Labute approximate surface area is 94.6 Å². The van der Waals surface area contributed by atoms with E-state index in [2.05, 4.69) is 5.32 Å². The number of nitrogens with two attached hydrogens (primary N) is 1. The Balaban J connectivity index is 2.91. The highest BCUT2D eigenvalue weighted by Gasteiger charge is 2.09. The van der Waals surface area contributed by atoms with Crippen molar-refractivity contribution in [2.24, 2.45) is 0 Å². The molecule has 0 spiro atoms. The molecule has 0 fully saturated rings. The van der Waals surface area contributed by atoms with Crippen molar-refractivity contribution < 1.29 is 4.79 Å². The molecular weight excluding hydrogens is 212 g/mol. The molecule has 4 heteroatoms. The van der Waals surface area contributed by atoms with Crippen LogP contribution in [-0.2, 0) is 0 Å². The van der Waals surface area contributed by atoms with Crippen LogP contribution in [0.15, 0.2) is 12.1 Å². The summed E-state index contributed by atoms with van der Waals surface area (Å²) in [5.74, 6) is 0.0295. The molecule has 0 aliphatic heterocycles. The Kier molecular flexibility index (Phi) is 4.12. The Hall–Kier alpha value is -1.06. The number of aryl methyl sites for hydroxylation is 1. The maximum atomic E-state index is 11.7. The van der Waals surface area contributed by atoms with E-state index >= 15 is 0 Å². The molecule has 1 aromatic carbocycles. The van der Waals surface area contributed by atoms with Crippen molar-refractivity contribution in [2.45, 2.75) is 13.8 Å². The van der Waals surface area contributed by atoms with Gasteiger partial charge < -0.3 is 11.1 Å². The number of nitrogens with one attached hydrogen (secondary N) is 1. The molecule has 3 N–H and O–H groups in total. The van der Waals surface area contributed by atoms with Gasteiger partial charge in [0.25, 0.3) is 0 Å². The Morgan fingerprint density at radius 2 is 2.20 bits per heavy atom. The largest absolute Gasteiger partial charge is 0.397 e. The van der Waals surface area contributed by atoms with Gasteiger partial charge in [-0.25, -0.2) is 0 Å². The molecule has 0 heterocycles. The second-order valence-electron chi connectivity index (χ2n) is 3.39. The summed E-state index contributed by atoms with van der Waals surface area (Å²) >= 11 is 5.90. The summed E-state index contributed by atoms with van der Waals surface area (Å²) in [4.78, 5) is 11.7. The summed E-state index contributed by atoms with van der Waals surface area (Å²) in [6, 6.07) is 3.38.